The first-order valence-corrected chi connectivity index (χ1v) is 9.98. The first-order valence-electron chi connectivity index (χ1n) is 9.10. The molecule has 0 bridgehead atoms. The number of hydrogen-bond donors (Lipinski definition) is 2. The van der Waals surface area contributed by atoms with E-state index in [1.54, 1.807) is 29.6 Å². The van der Waals surface area contributed by atoms with E-state index in [9.17, 15) is 18.0 Å². The number of nitrogens with one attached hydrogen (secondary N) is 1. The third kappa shape index (κ3) is 5.13. The van der Waals surface area contributed by atoms with Gasteiger partial charge in [0.25, 0.3) is 5.91 Å². The fourth-order valence-electron chi connectivity index (χ4n) is 2.85. The van der Waals surface area contributed by atoms with Crippen molar-refractivity contribution in [3.05, 3.63) is 71.5 Å². The zero-order valence-electron chi connectivity index (χ0n) is 16.1. The second kappa shape index (κ2) is 8.81. The summed E-state index contributed by atoms with van der Waals surface area (Å²) in [5.41, 5.74) is 0.530. The third-order valence-electron chi connectivity index (χ3n) is 4.16. The maximum Gasteiger partial charge on any atom is 0.573 e. The molecule has 2 aromatic carbocycles. The summed E-state index contributed by atoms with van der Waals surface area (Å²) in [4.78, 5) is 20.6. The van der Waals surface area contributed by atoms with Crippen molar-refractivity contribution in [1.29, 1.82) is 0 Å². The minimum atomic E-state index is -4.82. The molecule has 11 heteroatoms. The monoisotopic (exact) mass is 461 g/mol. The van der Waals surface area contributed by atoms with Crippen molar-refractivity contribution < 1.29 is 32.5 Å². The minimum absolute atomic E-state index is 0.166. The number of nitrogens with zero attached hydrogens (tertiary/aromatic N) is 2. The molecule has 32 heavy (non-hydrogen) atoms. The van der Waals surface area contributed by atoms with Crippen LogP contribution < -0.4 is 14.8 Å². The van der Waals surface area contributed by atoms with Gasteiger partial charge in [-0.25, -0.2) is 4.98 Å². The van der Waals surface area contributed by atoms with Gasteiger partial charge in [0, 0.05) is 39.5 Å². The van der Waals surface area contributed by atoms with Crippen molar-refractivity contribution in [3.63, 3.8) is 0 Å². The van der Waals surface area contributed by atoms with Gasteiger partial charge in [0.1, 0.15) is 18.1 Å². The zero-order chi connectivity index (χ0) is 22.7. The lowest BCUT2D eigenvalue weighted by molar-refractivity contribution is -0.274. The summed E-state index contributed by atoms with van der Waals surface area (Å²) in [5.74, 6) is 0.0620. The number of aliphatic hydroxyl groups is 1. The van der Waals surface area contributed by atoms with E-state index in [0.717, 1.165) is 16.8 Å². The second-order valence-corrected chi connectivity index (χ2v) is 7.32. The number of ether oxygens (including phenoxy) is 2. The number of thiophene rings is 1. The number of anilines is 1. The molecule has 4 rings (SSSR count). The molecule has 0 atom stereocenters. The summed E-state index contributed by atoms with van der Waals surface area (Å²) in [6.45, 7) is -0.315. The Morgan fingerprint density at radius 1 is 1.12 bits per heavy atom. The van der Waals surface area contributed by atoms with Crippen molar-refractivity contribution in [2.24, 2.45) is 0 Å². The van der Waals surface area contributed by atoms with Crippen LogP contribution in [-0.2, 0) is 6.61 Å². The van der Waals surface area contributed by atoms with Gasteiger partial charge in [0.2, 0.25) is 5.88 Å². The van der Waals surface area contributed by atoms with Crippen LogP contribution >= 0.6 is 11.3 Å². The minimum Gasteiger partial charge on any atom is -0.439 e. The van der Waals surface area contributed by atoms with E-state index in [2.05, 4.69) is 20.0 Å². The molecule has 0 saturated carbocycles. The summed E-state index contributed by atoms with van der Waals surface area (Å²) in [7, 11) is 0. The molecule has 2 N–H and O–H groups in total. The number of benzene rings is 2. The van der Waals surface area contributed by atoms with Gasteiger partial charge < -0.3 is 19.9 Å². The lowest BCUT2D eigenvalue weighted by atomic mass is 10.1. The molecule has 0 radical (unpaired) electrons. The first kappa shape index (κ1) is 21.5. The van der Waals surface area contributed by atoms with Crippen LogP contribution in [0.15, 0.2) is 60.1 Å². The largest absolute Gasteiger partial charge is 0.573 e. The second-order valence-electron chi connectivity index (χ2n) is 6.41. The average molecular weight is 461 g/mol. The van der Waals surface area contributed by atoms with Crippen LogP contribution in [0, 0.1) is 0 Å². The van der Waals surface area contributed by atoms with Crippen LogP contribution in [0.1, 0.15) is 16.2 Å². The molecule has 1 amide bonds. The molecular weight excluding hydrogens is 447 g/mol. The zero-order valence-corrected chi connectivity index (χ0v) is 16.9. The van der Waals surface area contributed by atoms with E-state index in [4.69, 9.17) is 9.84 Å². The molecule has 0 aliphatic heterocycles. The summed E-state index contributed by atoms with van der Waals surface area (Å²) < 4.78 is 47.5. The Morgan fingerprint density at radius 3 is 2.75 bits per heavy atom. The van der Waals surface area contributed by atoms with Gasteiger partial charge in [0.05, 0.1) is 5.56 Å². The van der Waals surface area contributed by atoms with Gasteiger partial charge in [-0.1, -0.05) is 6.07 Å². The summed E-state index contributed by atoms with van der Waals surface area (Å²) in [5, 5.41) is 14.0. The molecule has 164 valence electrons. The molecule has 4 aromatic rings. The Balaban J connectivity index is 1.51. The van der Waals surface area contributed by atoms with Crippen molar-refractivity contribution in [3.8, 4) is 17.4 Å². The molecule has 0 spiro atoms. The van der Waals surface area contributed by atoms with Crippen molar-refractivity contribution in [1.82, 2.24) is 9.97 Å². The highest BCUT2D eigenvalue weighted by Crippen LogP contribution is 2.32. The normalized spacial score (nSPS) is 11.4. The number of carbonyl (C=O) groups excluding carboxylic acids is 1. The number of amides is 1. The number of rotatable bonds is 6. The Labute approximate surface area is 183 Å². The average Bonchev–Trinajstić information content (AvgIpc) is 3.16. The Morgan fingerprint density at radius 2 is 1.97 bits per heavy atom. The first-order chi connectivity index (χ1) is 15.3. The Hall–Kier alpha value is -3.70. The van der Waals surface area contributed by atoms with E-state index >= 15 is 0 Å². The number of fused-ring (bicyclic) bond motifs is 1. The molecule has 0 aliphatic carbocycles. The lowest BCUT2D eigenvalue weighted by Gasteiger charge is -2.10. The van der Waals surface area contributed by atoms with E-state index in [0.29, 0.717) is 16.7 Å². The van der Waals surface area contributed by atoms with E-state index in [1.165, 1.54) is 29.7 Å². The molecule has 0 saturated heterocycles. The lowest BCUT2D eigenvalue weighted by Crippen LogP contribution is -2.17. The molecular formula is C21H14F3N3O4S. The predicted molar refractivity (Wildman–Crippen MR) is 111 cm³/mol. The summed E-state index contributed by atoms with van der Waals surface area (Å²) >= 11 is 1.31. The number of aromatic nitrogens is 2. The van der Waals surface area contributed by atoms with Gasteiger partial charge in [0.15, 0.2) is 5.82 Å². The van der Waals surface area contributed by atoms with E-state index < -0.39 is 18.0 Å². The molecule has 2 aromatic heterocycles. The highest BCUT2D eigenvalue weighted by Gasteiger charge is 2.31. The molecule has 7 nitrogen and oxygen atoms in total. The van der Waals surface area contributed by atoms with Crippen LogP contribution in [-0.4, -0.2) is 27.3 Å². The summed E-state index contributed by atoms with van der Waals surface area (Å²) in [6, 6.07) is 11.7. The van der Waals surface area contributed by atoms with Gasteiger partial charge in [-0.2, -0.15) is 4.98 Å². The van der Waals surface area contributed by atoms with Crippen LogP contribution in [0.3, 0.4) is 0 Å². The highest BCUT2D eigenvalue weighted by molar-refractivity contribution is 7.17. The Bertz CT molecular complexity index is 1280. The number of hydrogen-bond acceptors (Lipinski definition) is 7. The highest BCUT2D eigenvalue weighted by atomic mass is 32.1. The number of aliphatic hydroxyl groups excluding tert-OH is 1. The smallest absolute Gasteiger partial charge is 0.439 e. The van der Waals surface area contributed by atoms with Crippen molar-refractivity contribution in [2.45, 2.75) is 13.0 Å². The van der Waals surface area contributed by atoms with Gasteiger partial charge in [-0.05, 0) is 30.3 Å². The summed E-state index contributed by atoms with van der Waals surface area (Å²) in [6.07, 6.45) is -3.35. The fraction of sp³-hybridized carbons (Fsp3) is 0.0952. The number of carbonyl (C=O) groups is 1. The number of alkyl halides is 3. The van der Waals surface area contributed by atoms with E-state index in [-0.39, 0.29) is 24.0 Å². The molecule has 2 heterocycles. The predicted octanol–water partition coefficient (Wildman–Crippen LogP) is 5.13. The molecule has 0 fully saturated rings. The van der Waals surface area contributed by atoms with Crippen molar-refractivity contribution in [2.75, 3.05) is 5.32 Å². The van der Waals surface area contributed by atoms with Crippen LogP contribution in [0.4, 0.5) is 18.9 Å². The van der Waals surface area contributed by atoms with Crippen LogP contribution in [0.2, 0.25) is 0 Å². The van der Waals surface area contributed by atoms with Crippen LogP contribution in [0.25, 0.3) is 10.1 Å². The maximum atomic E-state index is 12.7. The quantitative estimate of drug-likeness (QED) is 0.414. The van der Waals surface area contributed by atoms with Crippen LogP contribution in [0.5, 0.6) is 17.4 Å². The molecule has 0 unspecified atom stereocenters. The molecule has 0 aliphatic rings. The van der Waals surface area contributed by atoms with E-state index in [1.807, 2.05) is 0 Å². The Kier molecular flexibility index (Phi) is 5.93. The number of halogens is 3. The fourth-order valence-corrected chi connectivity index (χ4v) is 3.82. The van der Waals surface area contributed by atoms with Gasteiger partial charge in [-0.3, -0.25) is 4.79 Å². The topological polar surface area (TPSA) is 93.6 Å². The maximum absolute atomic E-state index is 12.7. The van der Waals surface area contributed by atoms with Gasteiger partial charge >= 0.3 is 6.36 Å². The van der Waals surface area contributed by atoms with Gasteiger partial charge in [-0.15, -0.1) is 24.5 Å². The third-order valence-corrected chi connectivity index (χ3v) is 5.11. The standard InChI is InChI=1S/C21H14F3N3O4S/c22-21(23,24)31-14-3-1-2-12(8-14)26-20(29)16-11-32-17-9-13(4-5-15(16)17)30-19-6-7-25-18(10-28)27-19/h1-9,11,28H,10H2,(H,26,29). The van der Waals surface area contributed by atoms with Crippen molar-refractivity contribution >= 4 is 33.0 Å². The SMILES string of the molecule is O=C(Nc1cccc(OC(F)(F)F)c1)c1csc2cc(Oc3ccnc(CO)n3)ccc12.